The van der Waals surface area contributed by atoms with Gasteiger partial charge in [-0.2, -0.15) is 0 Å². The summed E-state index contributed by atoms with van der Waals surface area (Å²) < 4.78 is 3.78. The van der Waals surface area contributed by atoms with Crippen LogP contribution < -0.4 is 0 Å². The van der Waals surface area contributed by atoms with Gasteiger partial charge in [0, 0.05) is 18.4 Å². The maximum atomic E-state index is 10.7. The number of aromatic nitrogens is 4. The number of carboxylic acid groups (broad SMARTS) is 1. The van der Waals surface area contributed by atoms with E-state index in [1.165, 1.54) is 12.5 Å². The Kier molecular flexibility index (Phi) is 2.95. The lowest BCUT2D eigenvalue weighted by molar-refractivity contribution is 0.0691. The minimum atomic E-state index is -1.01. The fraction of sp³-hybridized carbons (Fsp3) is 0.364. The molecular weight excluding hydrogens is 220 g/mol. The van der Waals surface area contributed by atoms with E-state index in [0.29, 0.717) is 12.6 Å². The fourth-order valence-electron chi connectivity index (χ4n) is 1.66. The summed E-state index contributed by atoms with van der Waals surface area (Å²) in [4.78, 5) is 18.6. The van der Waals surface area contributed by atoms with Crippen LogP contribution in [0.3, 0.4) is 0 Å². The smallest absolute Gasteiger partial charge is 0.356 e. The van der Waals surface area contributed by atoms with Crippen LogP contribution in [-0.4, -0.2) is 30.2 Å². The monoisotopic (exact) mass is 234 g/mol. The molecule has 0 saturated heterocycles. The number of rotatable bonds is 4. The van der Waals surface area contributed by atoms with Crippen LogP contribution in [0.4, 0.5) is 0 Å². The van der Waals surface area contributed by atoms with Gasteiger partial charge in [-0.1, -0.05) is 0 Å². The van der Waals surface area contributed by atoms with Crippen molar-refractivity contribution in [3.8, 4) is 0 Å². The summed E-state index contributed by atoms with van der Waals surface area (Å²) in [5, 5.41) is 8.77. The summed E-state index contributed by atoms with van der Waals surface area (Å²) >= 11 is 0. The zero-order chi connectivity index (χ0) is 12.4. The van der Waals surface area contributed by atoms with Gasteiger partial charge in [0.2, 0.25) is 0 Å². The predicted octanol–water partition coefficient (Wildman–Crippen LogP) is 1.41. The molecular formula is C11H14N4O2. The van der Waals surface area contributed by atoms with Crippen LogP contribution in [-0.2, 0) is 6.54 Å². The lowest BCUT2D eigenvalue weighted by Gasteiger charge is -2.11. The summed E-state index contributed by atoms with van der Waals surface area (Å²) in [6, 6.07) is 0.329. The summed E-state index contributed by atoms with van der Waals surface area (Å²) in [5.41, 5.74) is 1.08. The first kappa shape index (κ1) is 11.4. The largest absolute Gasteiger partial charge is 0.476 e. The molecule has 0 amide bonds. The lowest BCUT2D eigenvalue weighted by Crippen LogP contribution is -2.07. The summed E-state index contributed by atoms with van der Waals surface area (Å²) in [5.74, 6) is -1.01. The van der Waals surface area contributed by atoms with E-state index in [2.05, 4.69) is 23.8 Å². The van der Waals surface area contributed by atoms with Crippen molar-refractivity contribution >= 4 is 5.97 Å². The zero-order valence-electron chi connectivity index (χ0n) is 9.74. The molecule has 2 heterocycles. The van der Waals surface area contributed by atoms with Crippen molar-refractivity contribution in [2.45, 2.75) is 26.4 Å². The maximum absolute atomic E-state index is 10.7. The first-order valence-electron chi connectivity index (χ1n) is 5.33. The SMILES string of the molecule is CC(C)n1cncc1Cn1cnc(C(=O)O)c1. The fourth-order valence-corrected chi connectivity index (χ4v) is 1.66. The predicted molar refractivity (Wildman–Crippen MR) is 60.9 cm³/mol. The van der Waals surface area contributed by atoms with Crippen molar-refractivity contribution in [3.63, 3.8) is 0 Å². The van der Waals surface area contributed by atoms with E-state index in [-0.39, 0.29) is 5.69 Å². The molecule has 0 aliphatic heterocycles. The molecule has 0 spiro atoms. The molecule has 0 atom stereocenters. The number of hydrogen-bond donors (Lipinski definition) is 1. The average molecular weight is 234 g/mol. The Morgan fingerprint density at radius 2 is 2.24 bits per heavy atom. The highest BCUT2D eigenvalue weighted by atomic mass is 16.4. The topological polar surface area (TPSA) is 72.9 Å². The van der Waals surface area contributed by atoms with Gasteiger partial charge in [-0.05, 0) is 13.8 Å². The number of aromatic carboxylic acids is 1. The molecule has 0 radical (unpaired) electrons. The van der Waals surface area contributed by atoms with Crippen molar-refractivity contribution in [1.82, 2.24) is 19.1 Å². The Balaban J connectivity index is 2.19. The van der Waals surface area contributed by atoms with Gasteiger partial charge >= 0.3 is 5.97 Å². The molecule has 0 aromatic carbocycles. The maximum Gasteiger partial charge on any atom is 0.356 e. The van der Waals surface area contributed by atoms with Crippen LogP contribution in [0.1, 0.15) is 36.1 Å². The molecule has 0 aliphatic carbocycles. The van der Waals surface area contributed by atoms with Crippen molar-refractivity contribution in [2.75, 3.05) is 0 Å². The second-order valence-corrected chi connectivity index (χ2v) is 4.12. The molecule has 6 nitrogen and oxygen atoms in total. The minimum absolute atomic E-state index is 0.0561. The van der Waals surface area contributed by atoms with Gasteiger partial charge in [-0.3, -0.25) is 0 Å². The highest BCUT2D eigenvalue weighted by molar-refractivity contribution is 5.84. The lowest BCUT2D eigenvalue weighted by atomic mass is 10.3. The molecule has 2 aromatic heterocycles. The number of imidazole rings is 2. The Hall–Kier alpha value is -2.11. The molecule has 6 heteroatoms. The van der Waals surface area contributed by atoms with Crippen molar-refractivity contribution in [1.29, 1.82) is 0 Å². The molecule has 17 heavy (non-hydrogen) atoms. The minimum Gasteiger partial charge on any atom is -0.476 e. The van der Waals surface area contributed by atoms with Gasteiger partial charge in [0.1, 0.15) is 0 Å². The Bertz CT molecular complexity index is 527. The summed E-state index contributed by atoms with van der Waals surface area (Å²) in [7, 11) is 0. The van der Waals surface area contributed by atoms with E-state index >= 15 is 0 Å². The van der Waals surface area contributed by atoms with E-state index in [1.807, 2.05) is 4.57 Å². The van der Waals surface area contributed by atoms with E-state index in [9.17, 15) is 4.79 Å². The summed E-state index contributed by atoms with van der Waals surface area (Å²) in [6.07, 6.45) is 6.58. The van der Waals surface area contributed by atoms with Gasteiger partial charge < -0.3 is 14.2 Å². The van der Waals surface area contributed by atoms with Gasteiger partial charge in [-0.15, -0.1) is 0 Å². The van der Waals surface area contributed by atoms with E-state index in [4.69, 9.17) is 5.11 Å². The first-order chi connectivity index (χ1) is 8.08. The van der Waals surface area contributed by atoms with Gasteiger partial charge in [-0.25, -0.2) is 14.8 Å². The standard InChI is InChI=1S/C11H14N4O2/c1-8(2)15-6-12-3-9(15)4-14-5-10(11(16)17)13-7-14/h3,5-8H,4H2,1-2H3,(H,16,17). The molecule has 0 unspecified atom stereocenters. The molecule has 2 aromatic rings. The van der Waals surface area contributed by atoms with Crippen LogP contribution in [0, 0.1) is 0 Å². The van der Waals surface area contributed by atoms with Crippen LogP contribution >= 0.6 is 0 Å². The Labute approximate surface area is 98.5 Å². The molecule has 0 aliphatic rings. The second kappa shape index (κ2) is 4.40. The zero-order valence-corrected chi connectivity index (χ0v) is 9.74. The Morgan fingerprint density at radius 3 is 2.82 bits per heavy atom. The van der Waals surface area contributed by atoms with Crippen molar-refractivity contribution in [2.24, 2.45) is 0 Å². The first-order valence-corrected chi connectivity index (χ1v) is 5.33. The number of nitrogens with zero attached hydrogens (tertiary/aromatic N) is 4. The van der Waals surface area contributed by atoms with Crippen LogP contribution in [0.2, 0.25) is 0 Å². The quantitative estimate of drug-likeness (QED) is 0.868. The average Bonchev–Trinajstić information content (AvgIpc) is 2.86. The van der Waals surface area contributed by atoms with Gasteiger partial charge in [0.25, 0.3) is 0 Å². The van der Waals surface area contributed by atoms with Crippen molar-refractivity contribution in [3.05, 3.63) is 36.4 Å². The van der Waals surface area contributed by atoms with Crippen molar-refractivity contribution < 1.29 is 9.90 Å². The molecule has 0 saturated carbocycles. The number of hydrogen-bond acceptors (Lipinski definition) is 3. The van der Waals surface area contributed by atoms with Gasteiger partial charge in [0.15, 0.2) is 5.69 Å². The van der Waals surface area contributed by atoms with E-state index in [0.717, 1.165) is 5.69 Å². The molecule has 90 valence electrons. The van der Waals surface area contributed by atoms with Crippen LogP contribution in [0.15, 0.2) is 25.0 Å². The van der Waals surface area contributed by atoms with Crippen LogP contribution in [0.5, 0.6) is 0 Å². The highest BCUT2D eigenvalue weighted by Gasteiger charge is 2.09. The normalized spacial score (nSPS) is 11.0. The molecule has 0 fully saturated rings. The van der Waals surface area contributed by atoms with E-state index in [1.54, 1.807) is 17.1 Å². The third-order valence-electron chi connectivity index (χ3n) is 2.50. The third kappa shape index (κ3) is 2.35. The second-order valence-electron chi connectivity index (χ2n) is 4.12. The van der Waals surface area contributed by atoms with Crippen LogP contribution in [0.25, 0.3) is 0 Å². The summed E-state index contributed by atoms with van der Waals surface area (Å²) in [6.45, 7) is 4.71. The third-order valence-corrected chi connectivity index (χ3v) is 2.50. The highest BCUT2D eigenvalue weighted by Crippen LogP contribution is 2.10. The molecule has 0 bridgehead atoms. The van der Waals surface area contributed by atoms with Gasteiger partial charge in [0.05, 0.1) is 24.9 Å². The molecule has 2 rings (SSSR count). The van der Waals surface area contributed by atoms with E-state index < -0.39 is 5.97 Å². The molecule has 1 N–H and O–H groups in total. The number of carboxylic acids is 1. The Morgan fingerprint density at radius 1 is 1.47 bits per heavy atom. The number of carbonyl (C=O) groups is 1.